The smallest absolute Gasteiger partial charge is 0.129 e. The zero-order valence-electron chi connectivity index (χ0n) is 13.3. The molecule has 1 aliphatic rings. The monoisotopic (exact) mass is 307 g/mol. The van der Waals surface area contributed by atoms with Crippen molar-refractivity contribution in [2.24, 2.45) is 5.73 Å². The van der Waals surface area contributed by atoms with Crippen LogP contribution in [0.2, 0.25) is 0 Å². The third kappa shape index (κ3) is 3.73. The highest BCUT2D eigenvalue weighted by Crippen LogP contribution is 2.22. The van der Waals surface area contributed by atoms with Crippen molar-refractivity contribution in [3.05, 3.63) is 29.3 Å². The van der Waals surface area contributed by atoms with Crippen LogP contribution in [0.1, 0.15) is 25.0 Å². The number of hydrogen-bond acceptors (Lipinski definition) is 4. The molecule has 0 bridgehead atoms. The maximum Gasteiger partial charge on any atom is 0.129 e. The van der Waals surface area contributed by atoms with Crippen LogP contribution in [0.25, 0.3) is 0 Å². The standard InChI is InChI=1S/C16H25N3OS/c1-11-8-19(9-12(2)18(11)3)10-13-5-6-15(20-4)14(7-13)16(17)21/h5-7,11-12H,8-10H2,1-4H3,(H2,17,21). The van der Waals surface area contributed by atoms with Crippen LogP contribution in [0.5, 0.6) is 5.75 Å². The van der Waals surface area contributed by atoms with Gasteiger partial charge in [-0.25, -0.2) is 0 Å². The molecule has 1 aromatic carbocycles. The number of hydrogen-bond donors (Lipinski definition) is 1. The van der Waals surface area contributed by atoms with Crippen LogP contribution in [-0.2, 0) is 6.54 Å². The van der Waals surface area contributed by atoms with Gasteiger partial charge in [0.1, 0.15) is 10.7 Å². The lowest BCUT2D eigenvalue weighted by Crippen LogP contribution is -2.54. The molecule has 1 saturated heterocycles. The van der Waals surface area contributed by atoms with E-state index in [-0.39, 0.29) is 0 Å². The summed E-state index contributed by atoms with van der Waals surface area (Å²) in [6.45, 7) is 7.63. The Morgan fingerprint density at radius 1 is 1.33 bits per heavy atom. The minimum atomic E-state index is 0.383. The van der Waals surface area contributed by atoms with Crippen molar-refractivity contribution < 1.29 is 4.74 Å². The molecule has 0 aromatic heterocycles. The number of thiocarbonyl (C=S) groups is 1. The Kier molecular flexibility index (Phi) is 5.19. The number of nitrogens with two attached hydrogens (primary N) is 1. The lowest BCUT2D eigenvalue weighted by molar-refractivity contribution is 0.0556. The summed E-state index contributed by atoms with van der Waals surface area (Å²) in [6.07, 6.45) is 0. The Balaban J connectivity index is 2.13. The van der Waals surface area contributed by atoms with E-state index in [1.807, 2.05) is 6.07 Å². The molecule has 4 nitrogen and oxygen atoms in total. The summed E-state index contributed by atoms with van der Waals surface area (Å²) in [5.74, 6) is 0.742. The fraction of sp³-hybridized carbons (Fsp3) is 0.562. The number of methoxy groups -OCH3 is 1. The Hall–Kier alpha value is -1.17. The molecule has 2 unspecified atom stereocenters. The fourth-order valence-corrected chi connectivity index (χ4v) is 3.11. The number of rotatable bonds is 4. The maximum absolute atomic E-state index is 5.79. The van der Waals surface area contributed by atoms with Crippen molar-refractivity contribution in [2.75, 3.05) is 27.2 Å². The number of ether oxygens (including phenoxy) is 1. The van der Waals surface area contributed by atoms with Gasteiger partial charge in [-0.1, -0.05) is 18.3 Å². The maximum atomic E-state index is 5.79. The van der Waals surface area contributed by atoms with E-state index >= 15 is 0 Å². The molecule has 21 heavy (non-hydrogen) atoms. The normalized spacial score (nSPS) is 24.0. The predicted octanol–water partition coefficient (Wildman–Crippen LogP) is 1.85. The van der Waals surface area contributed by atoms with Crippen molar-refractivity contribution in [3.8, 4) is 5.75 Å². The zero-order chi connectivity index (χ0) is 15.6. The van der Waals surface area contributed by atoms with E-state index in [4.69, 9.17) is 22.7 Å². The lowest BCUT2D eigenvalue weighted by Gasteiger charge is -2.42. The highest BCUT2D eigenvalue weighted by atomic mass is 32.1. The first-order valence-corrected chi connectivity index (χ1v) is 7.74. The minimum Gasteiger partial charge on any atom is -0.496 e. The Morgan fingerprint density at radius 3 is 2.48 bits per heavy atom. The molecular weight excluding hydrogens is 282 g/mol. The molecule has 0 spiro atoms. The summed E-state index contributed by atoms with van der Waals surface area (Å²) in [7, 11) is 3.84. The van der Waals surface area contributed by atoms with E-state index in [1.54, 1.807) is 7.11 Å². The van der Waals surface area contributed by atoms with Crippen LogP contribution in [0.3, 0.4) is 0 Å². The van der Waals surface area contributed by atoms with Gasteiger partial charge in [-0.3, -0.25) is 9.80 Å². The largest absolute Gasteiger partial charge is 0.496 e. The molecule has 0 aliphatic carbocycles. The fourth-order valence-electron chi connectivity index (χ4n) is 2.95. The van der Waals surface area contributed by atoms with Gasteiger partial charge in [0.15, 0.2) is 0 Å². The van der Waals surface area contributed by atoms with Gasteiger partial charge in [0.2, 0.25) is 0 Å². The Morgan fingerprint density at radius 2 is 1.95 bits per heavy atom. The van der Waals surface area contributed by atoms with Gasteiger partial charge < -0.3 is 10.5 Å². The SMILES string of the molecule is COc1ccc(CN2CC(C)N(C)C(C)C2)cc1C(N)=S. The Labute approximate surface area is 132 Å². The van der Waals surface area contributed by atoms with Gasteiger partial charge in [0.25, 0.3) is 0 Å². The molecule has 116 valence electrons. The molecule has 0 radical (unpaired) electrons. The minimum absolute atomic E-state index is 0.383. The molecule has 1 fully saturated rings. The quantitative estimate of drug-likeness (QED) is 0.860. The second-order valence-electron chi connectivity index (χ2n) is 5.96. The summed E-state index contributed by atoms with van der Waals surface area (Å²) in [5.41, 5.74) is 7.83. The van der Waals surface area contributed by atoms with E-state index < -0.39 is 0 Å². The van der Waals surface area contributed by atoms with Gasteiger partial charge in [-0.2, -0.15) is 0 Å². The molecule has 0 saturated carbocycles. The second kappa shape index (κ2) is 6.73. The van der Waals surface area contributed by atoms with Crippen LogP contribution in [0.15, 0.2) is 18.2 Å². The Bertz CT molecular complexity index is 508. The van der Waals surface area contributed by atoms with Crippen molar-refractivity contribution in [1.82, 2.24) is 9.80 Å². The molecule has 1 aliphatic heterocycles. The highest BCUT2D eigenvalue weighted by Gasteiger charge is 2.26. The van der Waals surface area contributed by atoms with Gasteiger partial charge in [-0.05, 0) is 38.6 Å². The van der Waals surface area contributed by atoms with E-state index in [2.05, 4.69) is 42.8 Å². The summed E-state index contributed by atoms with van der Waals surface area (Å²) < 4.78 is 5.31. The van der Waals surface area contributed by atoms with Crippen LogP contribution < -0.4 is 10.5 Å². The molecule has 1 heterocycles. The highest BCUT2D eigenvalue weighted by molar-refractivity contribution is 7.80. The molecule has 5 heteroatoms. The molecule has 0 amide bonds. The molecule has 2 atom stereocenters. The van der Waals surface area contributed by atoms with Crippen LogP contribution in [0, 0.1) is 0 Å². The van der Waals surface area contributed by atoms with E-state index in [9.17, 15) is 0 Å². The first kappa shape index (κ1) is 16.2. The summed E-state index contributed by atoms with van der Waals surface area (Å²) in [6, 6.07) is 7.24. The molecular formula is C16H25N3OS. The summed E-state index contributed by atoms with van der Waals surface area (Å²) in [4.78, 5) is 5.31. The summed E-state index contributed by atoms with van der Waals surface area (Å²) in [5, 5.41) is 0. The molecule has 1 aromatic rings. The first-order chi connectivity index (χ1) is 9.92. The molecule has 2 N–H and O–H groups in total. The third-order valence-electron chi connectivity index (χ3n) is 4.37. The van der Waals surface area contributed by atoms with Crippen LogP contribution in [0.4, 0.5) is 0 Å². The predicted molar refractivity (Wildman–Crippen MR) is 90.8 cm³/mol. The number of likely N-dealkylation sites (N-methyl/N-ethyl adjacent to an activating group) is 1. The number of benzene rings is 1. The number of piperazine rings is 1. The number of nitrogens with zero attached hydrogens (tertiary/aromatic N) is 2. The van der Waals surface area contributed by atoms with Gasteiger partial charge in [-0.15, -0.1) is 0 Å². The first-order valence-electron chi connectivity index (χ1n) is 7.33. The van der Waals surface area contributed by atoms with E-state index in [0.29, 0.717) is 17.1 Å². The van der Waals surface area contributed by atoms with Gasteiger partial charge in [0, 0.05) is 31.7 Å². The average molecular weight is 307 g/mol. The van der Waals surface area contributed by atoms with Crippen LogP contribution >= 0.6 is 12.2 Å². The van der Waals surface area contributed by atoms with Gasteiger partial charge >= 0.3 is 0 Å². The zero-order valence-corrected chi connectivity index (χ0v) is 14.1. The van der Waals surface area contributed by atoms with E-state index in [1.165, 1.54) is 5.56 Å². The van der Waals surface area contributed by atoms with Crippen LogP contribution in [-0.4, -0.2) is 54.1 Å². The van der Waals surface area contributed by atoms with Crippen molar-refractivity contribution >= 4 is 17.2 Å². The van der Waals surface area contributed by atoms with E-state index in [0.717, 1.165) is 30.9 Å². The topological polar surface area (TPSA) is 41.7 Å². The van der Waals surface area contributed by atoms with Crippen molar-refractivity contribution in [1.29, 1.82) is 0 Å². The van der Waals surface area contributed by atoms with Crippen molar-refractivity contribution in [2.45, 2.75) is 32.5 Å². The third-order valence-corrected chi connectivity index (χ3v) is 4.59. The molecule has 2 rings (SSSR count). The van der Waals surface area contributed by atoms with Crippen molar-refractivity contribution in [3.63, 3.8) is 0 Å². The lowest BCUT2D eigenvalue weighted by atomic mass is 10.1. The second-order valence-corrected chi connectivity index (χ2v) is 6.40. The average Bonchev–Trinajstić information content (AvgIpc) is 2.44. The van der Waals surface area contributed by atoms with Gasteiger partial charge in [0.05, 0.1) is 12.7 Å². The summed E-state index contributed by atoms with van der Waals surface area (Å²) >= 11 is 5.11.